The minimum Gasteiger partial charge on any atom is -0.382 e. The first-order chi connectivity index (χ1) is 15.0. The summed E-state index contributed by atoms with van der Waals surface area (Å²) in [6.45, 7) is 1.84. The van der Waals surface area contributed by atoms with Gasteiger partial charge in [-0.25, -0.2) is 43.1 Å². The number of imidazole rings is 1. The summed E-state index contributed by atoms with van der Waals surface area (Å²) in [6.07, 6.45) is 0.484. The third kappa shape index (κ3) is 4.37. The minimum absolute atomic E-state index is 0.0866. The second-order valence-corrected chi connectivity index (χ2v) is 9.94. The van der Waals surface area contributed by atoms with Gasteiger partial charge in [0.05, 0.1) is 11.0 Å². The monoisotopic (exact) mass is 481 g/mol. The average Bonchev–Trinajstić information content (AvgIpc) is 3.11. The van der Waals surface area contributed by atoms with E-state index in [1.807, 2.05) is 5.53 Å². The first kappa shape index (κ1) is 23.4. The fraction of sp³-hybridized carbons (Fsp3) is 0.176. The molecule has 2 aromatic carbocycles. The zero-order valence-electron chi connectivity index (χ0n) is 17.0. The van der Waals surface area contributed by atoms with Crippen molar-refractivity contribution in [2.24, 2.45) is 21.8 Å². The van der Waals surface area contributed by atoms with Crippen molar-refractivity contribution in [2.75, 3.05) is 12.3 Å². The van der Waals surface area contributed by atoms with Crippen LogP contribution in [0.5, 0.6) is 0 Å². The molecule has 0 atom stereocenters. The van der Waals surface area contributed by atoms with Gasteiger partial charge < -0.3 is 16.5 Å². The molecule has 172 valence electrons. The molecule has 3 aromatic rings. The van der Waals surface area contributed by atoms with Gasteiger partial charge in [-0.2, -0.15) is 0 Å². The summed E-state index contributed by atoms with van der Waals surface area (Å²) < 4.78 is 53.3. The summed E-state index contributed by atoms with van der Waals surface area (Å²) in [7, 11) is -8.87. The Hall–Kier alpha value is -3.24. The number of aromatic amines is 1. The molecule has 11 N–H and O–H groups in total. The summed E-state index contributed by atoms with van der Waals surface area (Å²) in [4.78, 5) is 5.80. The molecule has 0 spiro atoms. The number of hydrazone groups is 1. The zero-order chi connectivity index (χ0) is 23.7. The number of benzene rings is 2. The number of nitrogens with one attached hydrogen (secondary N) is 3. The molecular formula is C17H23N9O4S2. The molecule has 0 amide bonds. The molecule has 1 heterocycles. The van der Waals surface area contributed by atoms with E-state index in [1.54, 1.807) is 25.1 Å². The summed E-state index contributed by atoms with van der Waals surface area (Å²) in [5.41, 5.74) is 15.1. The van der Waals surface area contributed by atoms with Crippen LogP contribution >= 0.6 is 0 Å². The minimum atomic E-state index is -4.62. The molecule has 13 nitrogen and oxygen atoms in total. The van der Waals surface area contributed by atoms with E-state index >= 15 is 0 Å². The molecule has 0 bridgehead atoms. The molecule has 0 saturated heterocycles. The number of rotatable bonds is 8. The van der Waals surface area contributed by atoms with Crippen molar-refractivity contribution in [1.82, 2.24) is 20.2 Å². The van der Waals surface area contributed by atoms with E-state index in [9.17, 15) is 16.8 Å². The maximum absolute atomic E-state index is 12.9. The lowest BCUT2D eigenvalue weighted by Crippen LogP contribution is -2.31. The van der Waals surface area contributed by atoms with E-state index in [0.29, 0.717) is 23.0 Å². The van der Waals surface area contributed by atoms with Crippen LogP contribution in [0.25, 0.3) is 22.2 Å². The molecule has 0 saturated carbocycles. The highest BCUT2D eigenvalue weighted by Gasteiger charge is 2.31. The number of nitrogen functional groups attached to an aromatic ring is 1. The quantitative estimate of drug-likeness (QED) is 0.0923. The van der Waals surface area contributed by atoms with Crippen LogP contribution in [-0.2, 0) is 20.0 Å². The molecule has 0 aliphatic rings. The fourth-order valence-electron chi connectivity index (χ4n) is 3.24. The SMILES string of the molecule is CCCNS(=O)(=O)c1ccc(-c2cccc3[nH]c(N)nc23)c(/C(N)=N/NN)c1S(N)(=O)=O. The van der Waals surface area contributed by atoms with Crippen LogP contribution < -0.4 is 32.7 Å². The van der Waals surface area contributed by atoms with Gasteiger partial charge in [-0.05, 0) is 24.1 Å². The number of sulfonamides is 2. The summed E-state index contributed by atoms with van der Waals surface area (Å²) in [5, 5.41) is 9.12. The molecule has 15 heteroatoms. The van der Waals surface area contributed by atoms with E-state index in [1.165, 1.54) is 6.07 Å². The molecular weight excluding hydrogens is 458 g/mol. The van der Waals surface area contributed by atoms with Gasteiger partial charge in [0, 0.05) is 17.7 Å². The Labute approximate surface area is 184 Å². The number of nitrogens with zero attached hydrogens (tertiary/aromatic N) is 2. The predicted octanol–water partition coefficient (Wildman–Crippen LogP) is -0.769. The highest BCUT2D eigenvalue weighted by Crippen LogP contribution is 2.36. The number of aromatic nitrogens is 2. The van der Waals surface area contributed by atoms with Crippen molar-refractivity contribution in [3.63, 3.8) is 0 Å². The Morgan fingerprint density at radius 3 is 2.50 bits per heavy atom. The van der Waals surface area contributed by atoms with Gasteiger partial charge in [0.1, 0.15) is 9.79 Å². The molecule has 0 aliphatic carbocycles. The smallest absolute Gasteiger partial charge is 0.241 e. The van der Waals surface area contributed by atoms with Crippen molar-refractivity contribution in [1.29, 1.82) is 0 Å². The summed E-state index contributed by atoms with van der Waals surface area (Å²) >= 11 is 0. The number of hydrogen-bond donors (Lipinski definition) is 7. The first-order valence-corrected chi connectivity index (χ1v) is 12.3. The average molecular weight is 482 g/mol. The zero-order valence-corrected chi connectivity index (χ0v) is 18.6. The Balaban J connectivity index is 2.49. The van der Waals surface area contributed by atoms with Gasteiger partial charge in [0.25, 0.3) is 0 Å². The number of para-hydroxylation sites is 1. The van der Waals surface area contributed by atoms with E-state index in [2.05, 4.69) is 19.8 Å². The highest BCUT2D eigenvalue weighted by atomic mass is 32.2. The maximum Gasteiger partial charge on any atom is 0.241 e. The van der Waals surface area contributed by atoms with E-state index in [0.717, 1.165) is 6.07 Å². The van der Waals surface area contributed by atoms with E-state index in [-0.39, 0.29) is 23.6 Å². The fourth-order valence-corrected chi connectivity index (χ4v) is 5.99. The van der Waals surface area contributed by atoms with Crippen molar-refractivity contribution in [2.45, 2.75) is 23.1 Å². The molecule has 0 unspecified atom stereocenters. The van der Waals surface area contributed by atoms with Gasteiger partial charge in [0.2, 0.25) is 20.0 Å². The van der Waals surface area contributed by atoms with Crippen LogP contribution in [0.4, 0.5) is 5.95 Å². The van der Waals surface area contributed by atoms with Gasteiger partial charge in [0.15, 0.2) is 11.8 Å². The summed E-state index contributed by atoms with van der Waals surface area (Å²) in [5.74, 6) is 4.97. The molecule has 0 fully saturated rings. The Kier molecular flexibility index (Phi) is 6.38. The number of nitrogens with two attached hydrogens (primary N) is 4. The molecule has 0 radical (unpaired) electrons. The van der Waals surface area contributed by atoms with E-state index in [4.69, 9.17) is 22.4 Å². The largest absolute Gasteiger partial charge is 0.382 e. The molecule has 1 aromatic heterocycles. The van der Waals surface area contributed by atoms with Crippen molar-refractivity contribution in [3.05, 3.63) is 35.9 Å². The second-order valence-electron chi connectivity index (χ2n) is 6.71. The number of anilines is 1. The van der Waals surface area contributed by atoms with Crippen molar-refractivity contribution < 1.29 is 16.8 Å². The lowest BCUT2D eigenvalue weighted by Gasteiger charge is -2.18. The first-order valence-electron chi connectivity index (χ1n) is 9.24. The number of amidine groups is 1. The number of fused-ring (bicyclic) bond motifs is 1. The lowest BCUT2D eigenvalue weighted by atomic mass is 9.97. The molecule has 32 heavy (non-hydrogen) atoms. The van der Waals surface area contributed by atoms with Gasteiger partial charge in [-0.3, -0.25) is 0 Å². The maximum atomic E-state index is 12.9. The Morgan fingerprint density at radius 2 is 1.88 bits per heavy atom. The Bertz CT molecular complexity index is 1410. The topological polar surface area (TPSA) is 237 Å². The van der Waals surface area contributed by atoms with Crippen LogP contribution in [0, 0.1) is 0 Å². The normalized spacial score (nSPS) is 12.9. The van der Waals surface area contributed by atoms with Gasteiger partial charge in [-0.1, -0.05) is 25.1 Å². The summed E-state index contributed by atoms with van der Waals surface area (Å²) in [6, 6.07) is 7.56. The standard InChI is InChI=1S/C17H23N9O4S2/c1-2-8-22-32(29,30)12-7-6-9(10-4-3-5-11-14(10)24-17(19)23-11)13(16(18)25-26-20)15(12)31(21,27)28/h3-7,22,26H,2,8,20H2,1H3,(H2,18,25)(H3,19,23,24)(H2,21,27,28). The number of H-pyrrole nitrogens is 1. The van der Waals surface area contributed by atoms with Crippen LogP contribution in [0.15, 0.2) is 45.2 Å². The van der Waals surface area contributed by atoms with E-state index < -0.39 is 35.7 Å². The van der Waals surface area contributed by atoms with Crippen molar-refractivity contribution >= 4 is 42.9 Å². The second kappa shape index (κ2) is 8.71. The Morgan fingerprint density at radius 1 is 1.16 bits per heavy atom. The number of hydrogen-bond acceptors (Lipinski definition) is 9. The predicted molar refractivity (Wildman–Crippen MR) is 121 cm³/mol. The third-order valence-electron chi connectivity index (χ3n) is 4.50. The van der Waals surface area contributed by atoms with Gasteiger partial charge in [-0.15, -0.1) is 5.10 Å². The molecule has 0 aliphatic heterocycles. The van der Waals surface area contributed by atoms with Gasteiger partial charge >= 0.3 is 0 Å². The van der Waals surface area contributed by atoms with Crippen LogP contribution in [0.2, 0.25) is 0 Å². The van der Waals surface area contributed by atoms with Crippen molar-refractivity contribution in [3.8, 4) is 11.1 Å². The van der Waals surface area contributed by atoms with Crippen LogP contribution in [-0.4, -0.2) is 39.2 Å². The number of primary sulfonamides is 1. The van der Waals surface area contributed by atoms with Crippen LogP contribution in [0.3, 0.4) is 0 Å². The third-order valence-corrected chi connectivity index (χ3v) is 7.13. The molecule has 3 rings (SSSR count). The lowest BCUT2D eigenvalue weighted by molar-refractivity contribution is 0.572. The highest BCUT2D eigenvalue weighted by molar-refractivity contribution is 7.92. The number of hydrazine groups is 1. The van der Waals surface area contributed by atoms with Crippen LogP contribution in [0.1, 0.15) is 18.9 Å².